The van der Waals surface area contributed by atoms with Crippen LogP contribution in [0.4, 0.5) is 4.39 Å². The Labute approximate surface area is 137 Å². The van der Waals surface area contributed by atoms with E-state index in [0.29, 0.717) is 18.7 Å². The number of aliphatic hydroxyl groups excluding tert-OH is 1. The van der Waals surface area contributed by atoms with Crippen molar-refractivity contribution in [2.24, 2.45) is 0 Å². The summed E-state index contributed by atoms with van der Waals surface area (Å²) in [6, 6.07) is 6.79. The summed E-state index contributed by atoms with van der Waals surface area (Å²) in [5.41, 5.74) is 0.788. The van der Waals surface area contributed by atoms with Crippen molar-refractivity contribution in [2.45, 2.75) is 38.0 Å². The molecule has 0 radical (unpaired) electrons. The Kier molecular flexibility index (Phi) is 5.64. The van der Waals surface area contributed by atoms with Crippen molar-refractivity contribution in [3.8, 4) is 0 Å². The molecule has 0 amide bonds. The Hall–Kier alpha value is -1.01. The zero-order valence-corrected chi connectivity index (χ0v) is 13.8. The van der Waals surface area contributed by atoms with E-state index < -0.39 is 6.10 Å². The molecule has 2 aliphatic rings. The molecule has 0 spiro atoms. The van der Waals surface area contributed by atoms with Gasteiger partial charge in [-0.3, -0.25) is 4.90 Å². The molecule has 4 nitrogen and oxygen atoms in total. The number of halogens is 1. The Balaban J connectivity index is 1.46. The fraction of sp³-hybridized carbons (Fsp3) is 0.667. The zero-order valence-electron chi connectivity index (χ0n) is 13.8. The predicted octanol–water partition coefficient (Wildman–Crippen LogP) is 2.04. The van der Waals surface area contributed by atoms with Gasteiger partial charge in [-0.25, -0.2) is 4.39 Å². The number of nitrogens with zero attached hydrogens (tertiary/aromatic N) is 2. The van der Waals surface area contributed by atoms with Gasteiger partial charge in [0.05, 0.1) is 18.8 Å². The van der Waals surface area contributed by atoms with Crippen molar-refractivity contribution in [1.29, 1.82) is 0 Å². The van der Waals surface area contributed by atoms with Crippen LogP contribution < -0.4 is 0 Å². The number of piperidine rings is 1. The lowest BCUT2D eigenvalue weighted by molar-refractivity contribution is -0.0449. The lowest BCUT2D eigenvalue weighted by Crippen LogP contribution is -2.51. The minimum Gasteiger partial charge on any atom is -0.387 e. The monoisotopic (exact) mass is 322 g/mol. The molecule has 128 valence electrons. The number of morpholine rings is 1. The third-order valence-electron chi connectivity index (χ3n) is 5.03. The summed E-state index contributed by atoms with van der Waals surface area (Å²) in [6.45, 7) is 7.68. The van der Waals surface area contributed by atoms with Crippen molar-refractivity contribution in [1.82, 2.24) is 9.80 Å². The molecule has 3 rings (SSSR count). The maximum absolute atomic E-state index is 13.0. The lowest BCUT2D eigenvalue weighted by Gasteiger charge is -2.42. The molecule has 1 aromatic rings. The van der Waals surface area contributed by atoms with E-state index >= 15 is 0 Å². The molecule has 2 unspecified atom stereocenters. The van der Waals surface area contributed by atoms with Crippen molar-refractivity contribution in [3.63, 3.8) is 0 Å². The number of β-amino-alcohol motifs (C(OH)–C–C–N with tert-alkyl or cyclic N) is 1. The van der Waals surface area contributed by atoms with E-state index in [1.165, 1.54) is 12.1 Å². The third-order valence-corrected chi connectivity index (χ3v) is 5.03. The Bertz CT molecular complexity index is 488. The van der Waals surface area contributed by atoms with E-state index in [0.717, 1.165) is 51.2 Å². The molecule has 1 aromatic carbocycles. The van der Waals surface area contributed by atoms with Crippen LogP contribution in [0.15, 0.2) is 24.3 Å². The molecule has 0 aliphatic carbocycles. The number of rotatable bonds is 4. The van der Waals surface area contributed by atoms with Crippen LogP contribution in [0.25, 0.3) is 0 Å². The molecule has 2 aliphatic heterocycles. The highest BCUT2D eigenvalue weighted by atomic mass is 19.1. The van der Waals surface area contributed by atoms with Crippen LogP contribution in [0.3, 0.4) is 0 Å². The zero-order chi connectivity index (χ0) is 16.2. The molecule has 0 bridgehead atoms. The van der Waals surface area contributed by atoms with Crippen molar-refractivity contribution >= 4 is 0 Å². The maximum atomic E-state index is 13.0. The summed E-state index contributed by atoms with van der Waals surface area (Å²) in [7, 11) is 0. The minimum atomic E-state index is -0.546. The second-order valence-electron chi connectivity index (χ2n) is 6.78. The van der Waals surface area contributed by atoms with Gasteiger partial charge in [-0.1, -0.05) is 12.1 Å². The normalized spacial score (nSPS) is 26.3. The van der Waals surface area contributed by atoms with E-state index in [-0.39, 0.29) is 5.82 Å². The first-order valence-electron chi connectivity index (χ1n) is 8.63. The summed E-state index contributed by atoms with van der Waals surface area (Å²) in [5, 5.41) is 10.3. The van der Waals surface area contributed by atoms with Gasteiger partial charge in [0.15, 0.2) is 0 Å². The number of benzene rings is 1. The quantitative estimate of drug-likeness (QED) is 0.920. The minimum absolute atomic E-state index is 0.262. The van der Waals surface area contributed by atoms with Crippen LogP contribution in [0, 0.1) is 5.82 Å². The number of likely N-dealkylation sites (tertiary alicyclic amines) is 1. The highest BCUT2D eigenvalue weighted by Crippen LogP contribution is 2.22. The highest BCUT2D eigenvalue weighted by Gasteiger charge is 2.28. The van der Waals surface area contributed by atoms with Gasteiger partial charge >= 0.3 is 0 Å². The van der Waals surface area contributed by atoms with Crippen LogP contribution in [0.2, 0.25) is 0 Å². The smallest absolute Gasteiger partial charge is 0.123 e. The largest absolute Gasteiger partial charge is 0.387 e. The summed E-state index contributed by atoms with van der Waals surface area (Å²) < 4.78 is 18.6. The third kappa shape index (κ3) is 4.51. The van der Waals surface area contributed by atoms with Crippen molar-refractivity contribution in [3.05, 3.63) is 35.6 Å². The molecule has 2 fully saturated rings. The fourth-order valence-corrected chi connectivity index (χ4v) is 3.68. The molecular weight excluding hydrogens is 295 g/mol. The van der Waals surface area contributed by atoms with Crippen LogP contribution in [0.1, 0.15) is 31.4 Å². The van der Waals surface area contributed by atoms with E-state index in [1.807, 2.05) is 0 Å². The first kappa shape index (κ1) is 16.8. The number of hydrogen-bond donors (Lipinski definition) is 1. The van der Waals surface area contributed by atoms with E-state index in [2.05, 4.69) is 16.7 Å². The first-order chi connectivity index (χ1) is 11.1. The van der Waals surface area contributed by atoms with Gasteiger partial charge in [-0.2, -0.15) is 0 Å². The van der Waals surface area contributed by atoms with Crippen LogP contribution in [0.5, 0.6) is 0 Å². The SMILES string of the molecule is CC1CN(C2CCN(CC(O)c3ccc(F)cc3)CC2)CCO1. The molecule has 2 atom stereocenters. The molecular formula is C18H27FN2O2. The molecule has 0 saturated carbocycles. The molecule has 0 aromatic heterocycles. The second kappa shape index (κ2) is 7.71. The molecule has 1 N–H and O–H groups in total. The van der Waals surface area contributed by atoms with Gasteiger partial charge in [0.1, 0.15) is 5.82 Å². The van der Waals surface area contributed by atoms with Crippen LogP contribution >= 0.6 is 0 Å². The summed E-state index contributed by atoms with van der Waals surface area (Å²) in [6.07, 6.45) is 2.07. The maximum Gasteiger partial charge on any atom is 0.123 e. The molecule has 2 heterocycles. The summed E-state index contributed by atoms with van der Waals surface area (Å²) in [4.78, 5) is 4.87. The topological polar surface area (TPSA) is 35.9 Å². The van der Waals surface area contributed by atoms with Gasteiger partial charge in [0.25, 0.3) is 0 Å². The Morgan fingerprint density at radius 2 is 1.91 bits per heavy atom. The lowest BCUT2D eigenvalue weighted by atomic mass is 10.0. The fourth-order valence-electron chi connectivity index (χ4n) is 3.68. The van der Waals surface area contributed by atoms with E-state index in [4.69, 9.17) is 4.74 Å². The highest BCUT2D eigenvalue weighted by molar-refractivity contribution is 5.18. The van der Waals surface area contributed by atoms with E-state index in [9.17, 15) is 9.50 Å². The van der Waals surface area contributed by atoms with Crippen molar-refractivity contribution in [2.75, 3.05) is 39.3 Å². The molecule has 2 saturated heterocycles. The summed E-state index contributed by atoms with van der Waals surface area (Å²) in [5.74, 6) is -0.262. The van der Waals surface area contributed by atoms with Crippen LogP contribution in [-0.4, -0.2) is 66.4 Å². The van der Waals surface area contributed by atoms with Gasteiger partial charge in [0.2, 0.25) is 0 Å². The Morgan fingerprint density at radius 3 is 2.57 bits per heavy atom. The average molecular weight is 322 g/mol. The number of hydrogen-bond acceptors (Lipinski definition) is 4. The van der Waals surface area contributed by atoms with Gasteiger partial charge in [-0.15, -0.1) is 0 Å². The van der Waals surface area contributed by atoms with Crippen molar-refractivity contribution < 1.29 is 14.2 Å². The first-order valence-corrected chi connectivity index (χ1v) is 8.63. The number of aliphatic hydroxyl groups is 1. The van der Waals surface area contributed by atoms with Gasteiger partial charge in [0, 0.05) is 25.7 Å². The Morgan fingerprint density at radius 1 is 1.22 bits per heavy atom. The van der Waals surface area contributed by atoms with E-state index in [1.54, 1.807) is 12.1 Å². The number of ether oxygens (including phenoxy) is 1. The molecule has 23 heavy (non-hydrogen) atoms. The predicted molar refractivity (Wildman–Crippen MR) is 87.8 cm³/mol. The second-order valence-corrected chi connectivity index (χ2v) is 6.78. The van der Waals surface area contributed by atoms with Gasteiger partial charge in [-0.05, 0) is 50.6 Å². The average Bonchev–Trinajstić information content (AvgIpc) is 2.56. The molecule has 5 heteroatoms. The van der Waals surface area contributed by atoms with Crippen LogP contribution in [-0.2, 0) is 4.74 Å². The van der Waals surface area contributed by atoms with Gasteiger partial charge < -0.3 is 14.7 Å². The summed E-state index contributed by atoms with van der Waals surface area (Å²) >= 11 is 0. The standard InChI is InChI=1S/C18H27FN2O2/c1-14-12-21(10-11-23-14)17-6-8-20(9-7-17)13-18(22)15-2-4-16(19)5-3-15/h2-5,14,17-18,22H,6-13H2,1H3.